The number of ether oxygens (including phenoxy) is 2. The van der Waals surface area contributed by atoms with Crippen molar-refractivity contribution in [3.05, 3.63) is 58.9 Å². The van der Waals surface area contributed by atoms with E-state index in [1.807, 2.05) is 25.1 Å². The maximum absolute atomic E-state index is 13.4. The van der Waals surface area contributed by atoms with Gasteiger partial charge in [-0.05, 0) is 42.3 Å². The third-order valence-electron chi connectivity index (χ3n) is 3.79. The number of hydrogen-bond acceptors (Lipinski definition) is 4. The van der Waals surface area contributed by atoms with Gasteiger partial charge in [0, 0.05) is 18.2 Å². The van der Waals surface area contributed by atoms with Crippen molar-refractivity contribution >= 4 is 0 Å². The van der Waals surface area contributed by atoms with Crippen LogP contribution in [0.4, 0.5) is 4.39 Å². The van der Waals surface area contributed by atoms with E-state index in [1.165, 1.54) is 6.07 Å². The van der Waals surface area contributed by atoms with Crippen molar-refractivity contribution in [1.29, 1.82) is 0 Å². The molecule has 1 aliphatic heterocycles. The topological polar surface area (TPSA) is 50.7 Å². The Morgan fingerprint density at radius 3 is 2.82 bits per heavy atom. The van der Waals surface area contributed by atoms with Crippen LogP contribution in [0, 0.1) is 5.82 Å². The number of aliphatic hydroxyl groups excluding tert-OH is 1. The molecule has 0 aromatic heterocycles. The number of hydrogen-bond donors (Lipinski definition) is 2. The summed E-state index contributed by atoms with van der Waals surface area (Å²) < 4.78 is 24.0. The molecule has 1 heterocycles. The molecule has 0 spiro atoms. The molecule has 0 saturated heterocycles. The Morgan fingerprint density at radius 2 is 2.00 bits per heavy atom. The second-order valence-electron chi connectivity index (χ2n) is 5.30. The second kappa shape index (κ2) is 6.34. The highest BCUT2D eigenvalue weighted by molar-refractivity contribution is 5.45. The number of aliphatic hydroxyl groups is 1. The van der Waals surface area contributed by atoms with Crippen molar-refractivity contribution in [2.75, 3.05) is 6.79 Å². The molecule has 2 N–H and O–H groups in total. The summed E-state index contributed by atoms with van der Waals surface area (Å²) in [5, 5.41) is 12.5. The van der Waals surface area contributed by atoms with Gasteiger partial charge in [0.2, 0.25) is 6.79 Å². The summed E-state index contributed by atoms with van der Waals surface area (Å²) in [5.41, 5.74) is 2.34. The molecule has 5 heteroatoms. The van der Waals surface area contributed by atoms with Crippen LogP contribution in [0.25, 0.3) is 0 Å². The number of rotatable bonds is 5. The number of benzene rings is 2. The summed E-state index contributed by atoms with van der Waals surface area (Å²) in [6.07, 6.45) is 0. The number of nitrogens with one attached hydrogen (secondary N) is 1. The average molecular weight is 303 g/mol. The smallest absolute Gasteiger partial charge is 0.231 e. The first-order valence-corrected chi connectivity index (χ1v) is 7.18. The molecular formula is C17H18FNO3. The standard InChI is InChI=1S/C17H18FNO3/c1-11(13-3-5-16-17(7-13)22-10-21-16)19-8-12-2-4-15(18)14(6-12)9-20/h2-7,11,19-20H,8-10H2,1H3. The molecule has 0 saturated carbocycles. The fourth-order valence-corrected chi connectivity index (χ4v) is 2.43. The van der Waals surface area contributed by atoms with Gasteiger partial charge in [-0.3, -0.25) is 0 Å². The molecule has 1 atom stereocenters. The van der Waals surface area contributed by atoms with E-state index in [4.69, 9.17) is 14.6 Å². The molecule has 0 fully saturated rings. The normalized spacial score (nSPS) is 14.1. The SMILES string of the molecule is CC(NCc1ccc(F)c(CO)c1)c1ccc2c(c1)OCO2. The zero-order valence-corrected chi connectivity index (χ0v) is 12.3. The molecule has 1 aliphatic rings. The molecule has 2 aromatic rings. The van der Waals surface area contributed by atoms with Gasteiger partial charge >= 0.3 is 0 Å². The second-order valence-corrected chi connectivity index (χ2v) is 5.30. The molecule has 0 aliphatic carbocycles. The summed E-state index contributed by atoms with van der Waals surface area (Å²) in [7, 11) is 0. The predicted octanol–water partition coefficient (Wildman–Crippen LogP) is 2.90. The highest BCUT2D eigenvalue weighted by Crippen LogP contribution is 2.34. The molecule has 0 amide bonds. The average Bonchev–Trinajstić information content (AvgIpc) is 3.01. The van der Waals surface area contributed by atoms with Crippen molar-refractivity contribution in [3.8, 4) is 11.5 Å². The van der Waals surface area contributed by atoms with E-state index in [1.54, 1.807) is 12.1 Å². The van der Waals surface area contributed by atoms with E-state index in [0.29, 0.717) is 12.1 Å². The van der Waals surface area contributed by atoms with E-state index in [0.717, 1.165) is 22.6 Å². The molecule has 4 nitrogen and oxygen atoms in total. The highest BCUT2D eigenvalue weighted by atomic mass is 19.1. The van der Waals surface area contributed by atoms with Gasteiger partial charge in [-0.25, -0.2) is 4.39 Å². The Labute approximate surface area is 128 Å². The van der Waals surface area contributed by atoms with Crippen LogP contribution in [-0.2, 0) is 13.2 Å². The van der Waals surface area contributed by atoms with Gasteiger partial charge in [0.25, 0.3) is 0 Å². The van der Waals surface area contributed by atoms with Crippen molar-refractivity contribution in [1.82, 2.24) is 5.32 Å². The van der Waals surface area contributed by atoms with Gasteiger partial charge in [0.1, 0.15) is 5.82 Å². The molecule has 3 rings (SSSR count). The lowest BCUT2D eigenvalue weighted by Gasteiger charge is -2.15. The van der Waals surface area contributed by atoms with Crippen LogP contribution >= 0.6 is 0 Å². The zero-order chi connectivity index (χ0) is 15.5. The summed E-state index contributed by atoms with van der Waals surface area (Å²) in [6.45, 7) is 2.61. The summed E-state index contributed by atoms with van der Waals surface area (Å²) >= 11 is 0. The number of fused-ring (bicyclic) bond motifs is 1. The van der Waals surface area contributed by atoms with E-state index < -0.39 is 0 Å². The van der Waals surface area contributed by atoms with Crippen molar-refractivity contribution < 1.29 is 19.0 Å². The van der Waals surface area contributed by atoms with Crippen LogP contribution < -0.4 is 14.8 Å². The maximum Gasteiger partial charge on any atom is 0.231 e. The van der Waals surface area contributed by atoms with Crippen LogP contribution in [0.1, 0.15) is 29.7 Å². The Morgan fingerprint density at radius 1 is 1.18 bits per heavy atom. The van der Waals surface area contributed by atoms with Crippen LogP contribution in [0.2, 0.25) is 0 Å². The van der Waals surface area contributed by atoms with Crippen molar-refractivity contribution in [3.63, 3.8) is 0 Å². The minimum absolute atomic E-state index is 0.108. The largest absolute Gasteiger partial charge is 0.454 e. The van der Waals surface area contributed by atoms with Gasteiger partial charge in [-0.1, -0.05) is 12.1 Å². The van der Waals surface area contributed by atoms with E-state index in [-0.39, 0.29) is 25.3 Å². The first kappa shape index (κ1) is 14.8. The minimum Gasteiger partial charge on any atom is -0.454 e. The molecular weight excluding hydrogens is 285 g/mol. The summed E-state index contributed by atoms with van der Waals surface area (Å²) in [6, 6.07) is 10.7. The monoisotopic (exact) mass is 303 g/mol. The fourth-order valence-electron chi connectivity index (χ4n) is 2.43. The first-order chi connectivity index (χ1) is 10.7. The van der Waals surface area contributed by atoms with E-state index in [2.05, 4.69) is 5.32 Å². The van der Waals surface area contributed by atoms with E-state index >= 15 is 0 Å². The highest BCUT2D eigenvalue weighted by Gasteiger charge is 2.15. The van der Waals surface area contributed by atoms with Crippen molar-refractivity contribution in [2.45, 2.75) is 26.1 Å². The predicted molar refractivity (Wildman–Crippen MR) is 80.1 cm³/mol. The Bertz CT molecular complexity index is 675. The minimum atomic E-state index is -0.380. The molecule has 0 radical (unpaired) electrons. The lowest BCUT2D eigenvalue weighted by molar-refractivity contribution is 0.174. The van der Waals surface area contributed by atoms with Gasteiger partial charge in [0.15, 0.2) is 11.5 Å². The quantitative estimate of drug-likeness (QED) is 0.892. The number of halogens is 1. The molecule has 0 bridgehead atoms. The Kier molecular flexibility index (Phi) is 4.27. The fraction of sp³-hybridized carbons (Fsp3) is 0.294. The van der Waals surface area contributed by atoms with Gasteiger partial charge < -0.3 is 19.9 Å². The van der Waals surface area contributed by atoms with Crippen molar-refractivity contribution in [2.24, 2.45) is 0 Å². The lowest BCUT2D eigenvalue weighted by Crippen LogP contribution is -2.18. The Balaban J connectivity index is 1.66. The third kappa shape index (κ3) is 3.05. The molecule has 116 valence electrons. The zero-order valence-electron chi connectivity index (χ0n) is 12.3. The third-order valence-corrected chi connectivity index (χ3v) is 3.79. The summed E-state index contributed by atoms with van der Waals surface area (Å²) in [4.78, 5) is 0. The van der Waals surface area contributed by atoms with E-state index in [9.17, 15) is 4.39 Å². The summed E-state index contributed by atoms with van der Waals surface area (Å²) in [5.74, 6) is 1.15. The van der Waals surface area contributed by atoms with Gasteiger partial charge in [0.05, 0.1) is 6.61 Å². The Hall–Kier alpha value is -2.11. The van der Waals surface area contributed by atoms with Gasteiger partial charge in [-0.15, -0.1) is 0 Å². The van der Waals surface area contributed by atoms with Crippen LogP contribution in [0.3, 0.4) is 0 Å². The van der Waals surface area contributed by atoms with Crippen LogP contribution in [0.15, 0.2) is 36.4 Å². The van der Waals surface area contributed by atoms with Gasteiger partial charge in [-0.2, -0.15) is 0 Å². The maximum atomic E-state index is 13.4. The molecule has 1 unspecified atom stereocenters. The first-order valence-electron chi connectivity index (χ1n) is 7.18. The van der Waals surface area contributed by atoms with Crippen LogP contribution in [0.5, 0.6) is 11.5 Å². The molecule has 22 heavy (non-hydrogen) atoms. The molecule has 2 aromatic carbocycles. The van der Waals surface area contributed by atoms with Crippen LogP contribution in [-0.4, -0.2) is 11.9 Å². The lowest BCUT2D eigenvalue weighted by atomic mass is 10.1.